The molecule has 0 bridgehead atoms. The van der Waals surface area contributed by atoms with Gasteiger partial charge in [0, 0.05) is 18.9 Å². The van der Waals surface area contributed by atoms with Crippen LogP contribution in [0.15, 0.2) is 29.4 Å². The van der Waals surface area contributed by atoms with E-state index in [9.17, 15) is 0 Å². The molecular weight excluding hydrogens is 200 g/mol. The molecule has 0 amide bonds. The van der Waals surface area contributed by atoms with Crippen molar-refractivity contribution < 1.29 is 4.84 Å². The van der Waals surface area contributed by atoms with E-state index in [-0.39, 0.29) is 0 Å². The molecule has 1 fully saturated rings. The molecule has 1 aromatic carbocycles. The van der Waals surface area contributed by atoms with Crippen molar-refractivity contribution in [2.75, 3.05) is 19.7 Å². The minimum absolute atomic E-state index is 0.584. The molecule has 1 atom stereocenters. The third kappa shape index (κ3) is 1.66. The Balaban J connectivity index is 1.80. The van der Waals surface area contributed by atoms with Crippen LogP contribution >= 0.6 is 0 Å². The second-order valence-corrected chi connectivity index (χ2v) is 4.60. The molecule has 84 valence electrons. The molecule has 1 unspecified atom stereocenters. The van der Waals surface area contributed by atoms with Gasteiger partial charge in [-0.05, 0) is 12.5 Å². The highest BCUT2D eigenvalue weighted by molar-refractivity contribution is 5.85. The van der Waals surface area contributed by atoms with Crippen LogP contribution in [0.25, 0.3) is 0 Å². The SMILES string of the molecule is Cc1ccc(C2CC3=NOCCN3C2)cc1. The van der Waals surface area contributed by atoms with Crippen molar-refractivity contribution in [1.82, 2.24) is 4.90 Å². The lowest BCUT2D eigenvalue weighted by molar-refractivity contribution is 0.106. The standard InChI is InChI=1S/C13H16N2O/c1-10-2-4-11(5-3-10)12-8-13-14-16-7-6-15(13)9-12/h2-5,12H,6-9H2,1H3. The number of hydrogen-bond acceptors (Lipinski definition) is 3. The van der Waals surface area contributed by atoms with E-state index in [1.165, 1.54) is 11.1 Å². The Morgan fingerprint density at radius 3 is 2.88 bits per heavy atom. The minimum atomic E-state index is 0.584. The molecule has 0 aliphatic carbocycles. The summed E-state index contributed by atoms with van der Waals surface area (Å²) in [6, 6.07) is 8.84. The Labute approximate surface area is 95.7 Å². The molecule has 16 heavy (non-hydrogen) atoms. The van der Waals surface area contributed by atoms with Crippen molar-refractivity contribution in [2.24, 2.45) is 5.16 Å². The third-order valence-electron chi connectivity index (χ3n) is 3.41. The normalized spacial score (nSPS) is 23.7. The van der Waals surface area contributed by atoms with Gasteiger partial charge in [-0.15, -0.1) is 0 Å². The molecule has 0 spiro atoms. The Kier molecular flexibility index (Phi) is 2.31. The van der Waals surface area contributed by atoms with E-state index >= 15 is 0 Å². The molecule has 1 saturated heterocycles. The van der Waals surface area contributed by atoms with E-state index in [0.717, 1.165) is 32.0 Å². The number of aryl methyl sites for hydroxylation is 1. The van der Waals surface area contributed by atoms with Gasteiger partial charge >= 0.3 is 0 Å². The second-order valence-electron chi connectivity index (χ2n) is 4.60. The number of rotatable bonds is 1. The van der Waals surface area contributed by atoms with Gasteiger partial charge in [-0.2, -0.15) is 0 Å². The third-order valence-corrected chi connectivity index (χ3v) is 3.41. The Morgan fingerprint density at radius 2 is 2.12 bits per heavy atom. The highest BCUT2D eigenvalue weighted by Crippen LogP contribution is 2.29. The van der Waals surface area contributed by atoms with Gasteiger partial charge in [-0.3, -0.25) is 0 Å². The van der Waals surface area contributed by atoms with Gasteiger partial charge in [-0.25, -0.2) is 0 Å². The van der Waals surface area contributed by atoms with Crippen LogP contribution in [0.1, 0.15) is 23.5 Å². The molecule has 0 saturated carbocycles. The summed E-state index contributed by atoms with van der Waals surface area (Å²) < 4.78 is 0. The molecule has 2 aliphatic rings. The molecule has 2 aliphatic heterocycles. The monoisotopic (exact) mass is 216 g/mol. The van der Waals surface area contributed by atoms with Gasteiger partial charge in [0.25, 0.3) is 0 Å². The maximum atomic E-state index is 5.13. The van der Waals surface area contributed by atoms with E-state index in [2.05, 4.69) is 41.2 Å². The predicted octanol–water partition coefficient (Wildman–Crippen LogP) is 2.13. The quantitative estimate of drug-likeness (QED) is 0.718. The van der Waals surface area contributed by atoms with Gasteiger partial charge in [0.1, 0.15) is 12.4 Å². The van der Waals surface area contributed by atoms with Gasteiger partial charge in [0.05, 0.1) is 6.54 Å². The van der Waals surface area contributed by atoms with Crippen molar-refractivity contribution in [2.45, 2.75) is 19.3 Å². The maximum Gasteiger partial charge on any atom is 0.145 e. The van der Waals surface area contributed by atoms with Crippen LogP contribution < -0.4 is 0 Å². The molecule has 0 aromatic heterocycles. The molecule has 1 aromatic rings. The Hall–Kier alpha value is -1.51. The number of benzene rings is 1. The summed E-state index contributed by atoms with van der Waals surface area (Å²) in [5, 5.41) is 4.13. The summed E-state index contributed by atoms with van der Waals surface area (Å²) in [6.07, 6.45) is 1.02. The summed E-state index contributed by atoms with van der Waals surface area (Å²) in [7, 11) is 0. The molecule has 3 heteroatoms. The van der Waals surface area contributed by atoms with Crippen molar-refractivity contribution in [3.8, 4) is 0 Å². The second kappa shape index (κ2) is 3.81. The summed E-state index contributed by atoms with van der Waals surface area (Å²) in [6.45, 7) is 4.93. The van der Waals surface area contributed by atoms with Crippen molar-refractivity contribution in [3.63, 3.8) is 0 Å². The zero-order chi connectivity index (χ0) is 11.0. The van der Waals surface area contributed by atoms with Crippen molar-refractivity contribution in [3.05, 3.63) is 35.4 Å². The van der Waals surface area contributed by atoms with Gasteiger partial charge in [-0.1, -0.05) is 35.0 Å². The van der Waals surface area contributed by atoms with Crippen LogP contribution in [-0.4, -0.2) is 30.4 Å². The zero-order valence-corrected chi connectivity index (χ0v) is 9.52. The van der Waals surface area contributed by atoms with Crippen LogP contribution in [0.2, 0.25) is 0 Å². The fourth-order valence-corrected chi connectivity index (χ4v) is 2.43. The van der Waals surface area contributed by atoms with E-state index in [0.29, 0.717) is 5.92 Å². The first-order valence-electron chi connectivity index (χ1n) is 5.83. The largest absolute Gasteiger partial charge is 0.392 e. The number of nitrogens with zero attached hydrogens (tertiary/aromatic N) is 2. The summed E-state index contributed by atoms with van der Waals surface area (Å²) in [5.41, 5.74) is 2.74. The first kappa shape index (κ1) is 9.70. The lowest BCUT2D eigenvalue weighted by Gasteiger charge is -2.21. The molecule has 3 rings (SSSR count). The van der Waals surface area contributed by atoms with E-state index in [1.54, 1.807) is 0 Å². The highest BCUT2D eigenvalue weighted by atomic mass is 16.6. The summed E-state index contributed by atoms with van der Waals surface area (Å²) in [4.78, 5) is 7.47. The first-order chi connectivity index (χ1) is 7.83. The number of oxime groups is 1. The summed E-state index contributed by atoms with van der Waals surface area (Å²) >= 11 is 0. The topological polar surface area (TPSA) is 24.8 Å². The van der Waals surface area contributed by atoms with Crippen molar-refractivity contribution in [1.29, 1.82) is 0 Å². The average Bonchev–Trinajstić information content (AvgIpc) is 2.73. The average molecular weight is 216 g/mol. The van der Waals surface area contributed by atoms with E-state index in [4.69, 9.17) is 4.84 Å². The molecule has 0 radical (unpaired) electrons. The van der Waals surface area contributed by atoms with Gasteiger partial charge < -0.3 is 9.74 Å². The van der Waals surface area contributed by atoms with E-state index < -0.39 is 0 Å². The Morgan fingerprint density at radius 1 is 1.31 bits per heavy atom. The first-order valence-corrected chi connectivity index (χ1v) is 5.83. The van der Waals surface area contributed by atoms with Crippen LogP contribution in [0.3, 0.4) is 0 Å². The molecule has 3 nitrogen and oxygen atoms in total. The smallest absolute Gasteiger partial charge is 0.145 e. The minimum Gasteiger partial charge on any atom is -0.392 e. The molecule has 2 heterocycles. The van der Waals surface area contributed by atoms with Crippen molar-refractivity contribution >= 4 is 5.84 Å². The lowest BCUT2D eigenvalue weighted by atomic mass is 9.97. The summed E-state index contributed by atoms with van der Waals surface area (Å²) in [5.74, 6) is 1.71. The van der Waals surface area contributed by atoms with Crippen LogP contribution in [-0.2, 0) is 4.84 Å². The molecular formula is C13H16N2O. The van der Waals surface area contributed by atoms with Crippen LogP contribution in [0, 0.1) is 6.92 Å². The Bertz CT molecular complexity index is 410. The number of amidine groups is 1. The van der Waals surface area contributed by atoms with Gasteiger partial charge in [0.15, 0.2) is 0 Å². The fourth-order valence-electron chi connectivity index (χ4n) is 2.43. The molecule has 0 N–H and O–H groups in total. The van der Waals surface area contributed by atoms with E-state index in [1.807, 2.05) is 0 Å². The van der Waals surface area contributed by atoms with Crippen LogP contribution in [0.4, 0.5) is 0 Å². The zero-order valence-electron chi connectivity index (χ0n) is 9.52. The number of fused-ring (bicyclic) bond motifs is 1. The predicted molar refractivity (Wildman–Crippen MR) is 63.5 cm³/mol. The highest BCUT2D eigenvalue weighted by Gasteiger charge is 2.30. The van der Waals surface area contributed by atoms with Gasteiger partial charge in [0.2, 0.25) is 0 Å². The maximum absolute atomic E-state index is 5.13. The van der Waals surface area contributed by atoms with Crippen LogP contribution in [0.5, 0.6) is 0 Å². The fraction of sp³-hybridized carbons (Fsp3) is 0.462. The number of hydrogen-bond donors (Lipinski definition) is 0. The lowest BCUT2D eigenvalue weighted by Crippen LogP contribution is -2.32.